The molecule has 1 aromatic carbocycles. The van der Waals surface area contributed by atoms with Gasteiger partial charge in [-0.25, -0.2) is 4.79 Å². The van der Waals surface area contributed by atoms with E-state index in [0.717, 1.165) is 33.4 Å². The van der Waals surface area contributed by atoms with Crippen LogP contribution in [0.25, 0.3) is 16.6 Å². The van der Waals surface area contributed by atoms with Crippen molar-refractivity contribution in [3.05, 3.63) is 82.3 Å². The van der Waals surface area contributed by atoms with E-state index >= 15 is 0 Å². The Hall–Kier alpha value is -3.41. The fraction of sp³-hybridized carbons (Fsp3) is 0.105. The van der Waals surface area contributed by atoms with Gasteiger partial charge in [0.25, 0.3) is 0 Å². The van der Waals surface area contributed by atoms with E-state index in [1.54, 1.807) is 12.4 Å². The molecule has 0 saturated heterocycles. The summed E-state index contributed by atoms with van der Waals surface area (Å²) >= 11 is 0. The monoisotopic (exact) mass is 333 g/mol. The summed E-state index contributed by atoms with van der Waals surface area (Å²) in [6, 6.07) is 9.65. The van der Waals surface area contributed by atoms with Crippen molar-refractivity contribution in [3.63, 3.8) is 0 Å². The Morgan fingerprint density at radius 2 is 2.16 bits per heavy atom. The number of allylic oxidation sites excluding steroid dienone is 3. The Morgan fingerprint density at radius 1 is 1.32 bits per heavy atom. The lowest BCUT2D eigenvalue weighted by Gasteiger charge is -2.08. The first-order valence-corrected chi connectivity index (χ1v) is 7.85. The van der Waals surface area contributed by atoms with Crippen molar-refractivity contribution < 1.29 is 0 Å². The van der Waals surface area contributed by atoms with Gasteiger partial charge in [-0.1, -0.05) is 12.1 Å². The molecule has 2 heterocycles. The number of aliphatic imine (C=N–C) groups is 1. The fourth-order valence-corrected chi connectivity index (χ4v) is 2.53. The molecule has 0 radical (unpaired) electrons. The zero-order chi connectivity index (χ0) is 17.6. The molecule has 0 bridgehead atoms. The highest BCUT2D eigenvalue weighted by Crippen LogP contribution is 2.20. The van der Waals surface area contributed by atoms with Crippen LogP contribution >= 0.6 is 0 Å². The predicted molar refractivity (Wildman–Crippen MR) is 101 cm³/mol. The van der Waals surface area contributed by atoms with E-state index in [-0.39, 0.29) is 5.69 Å². The number of rotatable bonds is 6. The number of hydrogen-bond acceptors (Lipinski definition) is 4. The fourth-order valence-electron chi connectivity index (χ4n) is 2.53. The molecular formula is C19H19N5O. The topological polar surface area (TPSA) is 85.9 Å². The van der Waals surface area contributed by atoms with E-state index in [0.29, 0.717) is 6.54 Å². The van der Waals surface area contributed by atoms with E-state index in [2.05, 4.69) is 32.0 Å². The highest BCUT2D eigenvalue weighted by Gasteiger charge is 2.04. The maximum Gasteiger partial charge on any atom is 0.323 e. The summed E-state index contributed by atoms with van der Waals surface area (Å²) < 4.78 is 0. The standard InChI is InChI=1S/C19H19N5O/c1-13(22-11-14-4-3-7-21-10-14)8-16(12-20-2)15-5-6-17-18(9-15)24-19(25)23-17/h3-10,12,22H,2,11H2,1H3,(H2,23,24,25)/b13-8+,16-12+. The third kappa shape index (κ3) is 4.11. The highest BCUT2D eigenvalue weighted by atomic mass is 16.1. The van der Waals surface area contributed by atoms with Gasteiger partial charge in [-0.15, -0.1) is 0 Å². The van der Waals surface area contributed by atoms with Crippen LogP contribution in [0.2, 0.25) is 0 Å². The summed E-state index contributed by atoms with van der Waals surface area (Å²) in [5.74, 6) is 0. The number of aromatic amines is 2. The van der Waals surface area contributed by atoms with Crippen LogP contribution in [0, 0.1) is 0 Å². The molecule has 0 atom stereocenters. The Balaban J connectivity index is 1.83. The summed E-state index contributed by atoms with van der Waals surface area (Å²) in [5, 5.41) is 3.35. The van der Waals surface area contributed by atoms with E-state index in [9.17, 15) is 4.79 Å². The lowest BCUT2D eigenvalue weighted by Crippen LogP contribution is -2.10. The van der Waals surface area contributed by atoms with Crippen molar-refractivity contribution in [2.45, 2.75) is 13.5 Å². The molecule has 0 aliphatic carbocycles. The smallest absolute Gasteiger partial charge is 0.323 e. The maximum atomic E-state index is 11.4. The molecule has 0 amide bonds. The van der Waals surface area contributed by atoms with Gasteiger partial charge in [0.05, 0.1) is 11.0 Å². The van der Waals surface area contributed by atoms with Gasteiger partial charge in [-0.3, -0.25) is 9.98 Å². The third-order valence-electron chi connectivity index (χ3n) is 3.75. The molecule has 6 heteroatoms. The number of hydrogen-bond donors (Lipinski definition) is 3. The van der Waals surface area contributed by atoms with Gasteiger partial charge < -0.3 is 15.3 Å². The van der Waals surface area contributed by atoms with Gasteiger partial charge in [0.1, 0.15) is 0 Å². The van der Waals surface area contributed by atoms with Crippen LogP contribution in [0.15, 0.2) is 70.5 Å². The largest absolute Gasteiger partial charge is 0.384 e. The van der Waals surface area contributed by atoms with Gasteiger partial charge in [-0.2, -0.15) is 0 Å². The number of fused-ring (bicyclic) bond motifs is 1. The molecule has 0 saturated carbocycles. The molecule has 0 aliphatic rings. The number of pyridine rings is 1. The summed E-state index contributed by atoms with van der Waals surface area (Å²) in [6.07, 6.45) is 7.28. The van der Waals surface area contributed by atoms with Gasteiger partial charge in [0, 0.05) is 36.4 Å². The van der Waals surface area contributed by atoms with Crippen LogP contribution in [0.3, 0.4) is 0 Å². The van der Waals surface area contributed by atoms with Crippen molar-refractivity contribution in [3.8, 4) is 0 Å². The van der Waals surface area contributed by atoms with E-state index in [1.165, 1.54) is 0 Å². The number of nitrogens with zero attached hydrogens (tertiary/aromatic N) is 2. The minimum absolute atomic E-state index is 0.218. The van der Waals surface area contributed by atoms with Gasteiger partial charge in [0.15, 0.2) is 0 Å². The van der Waals surface area contributed by atoms with Gasteiger partial charge in [-0.05, 0) is 49.0 Å². The zero-order valence-electron chi connectivity index (χ0n) is 13.9. The molecule has 3 rings (SSSR count). The van der Waals surface area contributed by atoms with Crippen LogP contribution in [-0.2, 0) is 6.54 Å². The lowest BCUT2D eigenvalue weighted by molar-refractivity contribution is 0.808. The molecule has 0 unspecified atom stereocenters. The predicted octanol–water partition coefficient (Wildman–Crippen LogP) is 2.99. The van der Waals surface area contributed by atoms with Gasteiger partial charge in [0.2, 0.25) is 0 Å². The number of benzene rings is 1. The minimum atomic E-state index is -0.218. The van der Waals surface area contributed by atoms with E-state index < -0.39 is 0 Å². The number of imidazole rings is 1. The number of aromatic nitrogens is 3. The van der Waals surface area contributed by atoms with Crippen molar-refractivity contribution in [1.82, 2.24) is 20.3 Å². The second-order valence-electron chi connectivity index (χ2n) is 5.65. The van der Waals surface area contributed by atoms with Crippen LogP contribution in [0.1, 0.15) is 18.1 Å². The van der Waals surface area contributed by atoms with Crippen molar-refractivity contribution in [1.29, 1.82) is 0 Å². The average Bonchev–Trinajstić information content (AvgIpc) is 2.99. The second-order valence-corrected chi connectivity index (χ2v) is 5.65. The van der Waals surface area contributed by atoms with Crippen LogP contribution < -0.4 is 11.0 Å². The molecule has 6 nitrogen and oxygen atoms in total. The zero-order valence-corrected chi connectivity index (χ0v) is 13.9. The van der Waals surface area contributed by atoms with E-state index in [1.807, 2.05) is 49.5 Å². The molecule has 0 spiro atoms. The Labute approximate surface area is 145 Å². The highest BCUT2D eigenvalue weighted by molar-refractivity contribution is 5.83. The molecule has 0 fully saturated rings. The van der Waals surface area contributed by atoms with Gasteiger partial charge >= 0.3 is 5.69 Å². The molecule has 0 aliphatic heterocycles. The van der Waals surface area contributed by atoms with Crippen molar-refractivity contribution in [2.24, 2.45) is 4.99 Å². The quantitative estimate of drug-likeness (QED) is 0.479. The number of nitrogens with one attached hydrogen (secondary N) is 3. The SMILES string of the molecule is C=N/C=C(\C=C(/C)NCc1cccnc1)c1ccc2[nH]c(=O)[nH]c2c1. The van der Waals surface area contributed by atoms with Crippen molar-refractivity contribution in [2.75, 3.05) is 0 Å². The second kappa shape index (κ2) is 7.44. The molecule has 3 aromatic rings. The van der Waals surface area contributed by atoms with Crippen LogP contribution in [0.5, 0.6) is 0 Å². The average molecular weight is 333 g/mol. The Bertz CT molecular complexity index is 995. The summed E-state index contributed by atoms with van der Waals surface area (Å²) in [4.78, 5) is 24.9. The molecule has 25 heavy (non-hydrogen) atoms. The normalized spacial score (nSPS) is 12.4. The van der Waals surface area contributed by atoms with Crippen LogP contribution in [-0.4, -0.2) is 21.7 Å². The molecule has 126 valence electrons. The number of H-pyrrole nitrogens is 2. The van der Waals surface area contributed by atoms with E-state index in [4.69, 9.17) is 0 Å². The maximum absolute atomic E-state index is 11.4. The molecule has 2 aromatic heterocycles. The summed E-state index contributed by atoms with van der Waals surface area (Å²) in [5.41, 5.74) is 5.24. The third-order valence-corrected chi connectivity index (χ3v) is 3.75. The van der Waals surface area contributed by atoms with Crippen LogP contribution in [0.4, 0.5) is 0 Å². The first kappa shape index (κ1) is 16.4. The first-order valence-electron chi connectivity index (χ1n) is 7.85. The minimum Gasteiger partial charge on any atom is -0.384 e. The van der Waals surface area contributed by atoms with Crippen molar-refractivity contribution >= 4 is 23.3 Å². The molecule has 3 N–H and O–H groups in total. The molecular weight excluding hydrogens is 314 g/mol. The summed E-state index contributed by atoms with van der Waals surface area (Å²) in [6.45, 7) is 6.22. The Morgan fingerprint density at radius 3 is 2.92 bits per heavy atom. The summed E-state index contributed by atoms with van der Waals surface area (Å²) in [7, 11) is 0. The first-order chi connectivity index (χ1) is 12.2. The Kier molecular flexibility index (Phi) is 4.89. The lowest BCUT2D eigenvalue weighted by atomic mass is 10.0.